The smallest absolute Gasteiger partial charge is 0.230 e. The molecular formula is C27H31N4O+. The molecule has 3 aromatic carbocycles. The van der Waals surface area contributed by atoms with Crippen LogP contribution in [-0.4, -0.2) is 35.4 Å². The van der Waals surface area contributed by atoms with Crippen LogP contribution in [0.4, 0.5) is 5.95 Å². The standard InChI is InChI=1S/C27H30N4O/c1-3-30(4-2)18-19-31-26-13-9-8-12-25(26)29-27(31)28-20-22-14-16-24(17-15-22)32-21-23-10-6-5-7-11-23/h5-17,20H,3-4,18-19,21H2,1-2H3/p+1. The number of likely N-dealkylation sites (N-methyl/N-ethyl adjacent to an activating group) is 1. The van der Waals surface area contributed by atoms with Crippen LogP contribution in [0.3, 0.4) is 0 Å². The molecule has 0 spiro atoms. The highest BCUT2D eigenvalue weighted by Gasteiger charge is 2.11. The summed E-state index contributed by atoms with van der Waals surface area (Å²) in [6.07, 6.45) is 1.88. The van der Waals surface area contributed by atoms with Gasteiger partial charge in [0, 0.05) is 6.21 Å². The molecular weight excluding hydrogens is 396 g/mol. The van der Waals surface area contributed by atoms with Crippen molar-refractivity contribution in [3.8, 4) is 5.75 Å². The van der Waals surface area contributed by atoms with E-state index in [1.807, 2.05) is 60.8 Å². The number of hydrogen-bond acceptors (Lipinski definition) is 3. The molecule has 0 fully saturated rings. The van der Waals surface area contributed by atoms with E-state index in [0.717, 1.165) is 60.0 Å². The molecule has 4 aromatic rings. The molecule has 0 saturated heterocycles. The topological polar surface area (TPSA) is 43.9 Å². The van der Waals surface area contributed by atoms with E-state index in [-0.39, 0.29) is 0 Å². The van der Waals surface area contributed by atoms with Crippen molar-refractivity contribution < 1.29 is 9.64 Å². The molecule has 5 nitrogen and oxygen atoms in total. The van der Waals surface area contributed by atoms with Crippen LogP contribution in [0.25, 0.3) is 11.0 Å². The first-order chi connectivity index (χ1) is 15.8. The lowest BCUT2D eigenvalue weighted by Crippen LogP contribution is -3.11. The van der Waals surface area contributed by atoms with Crippen molar-refractivity contribution in [2.75, 3.05) is 19.6 Å². The molecule has 0 radical (unpaired) electrons. The summed E-state index contributed by atoms with van der Waals surface area (Å²) in [5, 5.41) is 0. The lowest BCUT2D eigenvalue weighted by molar-refractivity contribution is -0.897. The average molecular weight is 428 g/mol. The van der Waals surface area contributed by atoms with Crippen molar-refractivity contribution in [1.82, 2.24) is 9.55 Å². The molecule has 164 valence electrons. The van der Waals surface area contributed by atoms with Crippen molar-refractivity contribution in [3.63, 3.8) is 0 Å². The molecule has 5 heteroatoms. The molecule has 0 aliphatic rings. The second-order valence-electron chi connectivity index (χ2n) is 7.86. The highest BCUT2D eigenvalue weighted by molar-refractivity contribution is 5.83. The Morgan fingerprint density at radius 1 is 0.906 bits per heavy atom. The van der Waals surface area contributed by atoms with Crippen LogP contribution < -0.4 is 9.64 Å². The zero-order valence-electron chi connectivity index (χ0n) is 18.9. The summed E-state index contributed by atoms with van der Waals surface area (Å²) in [6.45, 7) is 9.24. The minimum atomic E-state index is 0.562. The van der Waals surface area contributed by atoms with Gasteiger partial charge in [0.15, 0.2) is 0 Å². The minimum absolute atomic E-state index is 0.562. The van der Waals surface area contributed by atoms with E-state index in [1.165, 1.54) is 0 Å². The van der Waals surface area contributed by atoms with Crippen LogP contribution in [0, 0.1) is 0 Å². The Bertz CT molecular complexity index is 1150. The molecule has 4 rings (SSSR count). The van der Waals surface area contributed by atoms with E-state index in [4.69, 9.17) is 14.7 Å². The number of quaternary nitrogens is 1. The van der Waals surface area contributed by atoms with Crippen LogP contribution in [0.15, 0.2) is 83.9 Å². The van der Waals surface area contributed by atoms with Gasteiger partial charge < -0.3 is 14.2 Å². The van der Waals surface area contributed by atoms with E-state index in [0.29, 0.717) is 6.61 Å². The van der Waals surface area contributed by atoms with Crippen LogP contribution in [0.1, 0.15) is 25.0 Å². The Hall–Kier alpha value is -3.44. The van der Waals surface area contributed by atoms with Gasteiger partial charge in [-0.25, -0.2) is 9.98 Å². The first-order valence-electron chi connectivity index (χ1n) is 11.4. The zero-order chi connectivity index (χ0) is 22.2. The number of hydrogen-bond donors (Lipinski definition) is 1. The maximum atomic E-state index is 5.88. The van der Waals surface area contributed by atoms with Crippen molar-refractivity contribution in [1.29, 1.82) is 0 Å². The predicted octanol–water partition coefficient (Wildman–Crippen LogP) is 4.29. The molecule has 1 N–H and O–H groups in total. The van der Waals surface area contributed by atoms with Gasteiger partial charge in [0.1, 0.15) is 12.4 Å². The Balaban J connectivity index is 1.47. The van der Waals surface area contributed by atoms with E-state index in [1.54, 1.807) is 4.90 Å². The number of nitrogens with zero attached hydrogens (tertiary/aromatic N) is 3. The third-order valence-corrected chi connectivity index (χ3v) is 5.78. The van der Waals surface area contributed by atoms with E-state index in [9.17, 15) is 0 Å². The summed E-state index contributed by atoms with van der Waals surface area (Å²) in [7, 11) is 0. The number of aromatic nitrogens is 2. The van der Waals surface area contributed by atoms with E-state index >= 15 is 0 Å². The molecule has 32 heavy (non-hydrogen) atoms. The number of benzene rings is 3. The first kappa shape index (κ1) is 21.8. The monoisotopic (exact) mass is 427 g/mol. The highest BCUT2D eigenvalue weighted by atomic mass is 16.5. The lowest BCUT2D eigenvalue weighted by Gasteiger charge is -2.16. The highest BCUT2D eigenvalue weighted by Crippen LogP contribution is 2.21. The summed E-state index contributed by atoms with van der Waals surface area (Å²) in [6, 6.07) is 26.5. The summed E-state index contributed by atoms with van der Waals surface area (Å²) in [4.78, 5) is 11.1. The molecule has 0 aliphatic heterocycles. The number of para-hydroxylation sites is 2. The number of fused-ring (bicyclic) bond motifs is 1. The van der Waals surface area contributed by atoms with Gasteiger partial charge in [0.2, 0.25) is 5.95 Å². The van der Waals surface area contributed by atoms with Gasteiger partial charge in [0.25, 0.3) is 0 Å². The Labute approximate surface area is 190 Å². The van der Waals surface area contributed by atoms with E-state index in [2.05, 4.69) is 42.7 Å². The Morgan fingerprint density at radius 2 is 1.62 bits per heavy atom. The molecule has 0 bridgehead atoms. The van der Waals surface area contributed by atoms with Crippen LogP contribution >= 0.6 is 0 Å². The third-order valence-electron chi connectivity index (χ3n) is 5.78. The molecule has 0 aliphatic carbocycles. The van der Waals surface area contributed by atoms with Crippen molar-refractivity contribution in [2.24, 2.45) is 4.99 Å². The maximum absolute atomic E-state index is 5.88. The fraction of sp³-hybridized carbons (Fsp3) is 0.259. The average Bonchev–Trinajstić information content (AvgIpc) is 3.21. The Morgan fingerprint density at radius 3 is 2.38 bits per heavy atom. The van der Waals surface area contributed by atoms with Gasteiger partial charge in [-0.15, -0.1) is 0 Å². The van der Waals surface area contributed by atoms with Crippen LogP contribution in [-0.2, 0) is 13.2 Å². The zero-order valence-corrected chi connectivity index (χ0v) is 18.9. The molecule has 1 heterocycles. The second kappa shape index (κ2) is 10.7. The van der Waals surface area contributed by atoms with E-state index < -0.39 is 0 Å². The largest absolute Gasteiger partial charge is 0.489 e. The molecule has 0 atom stereocenters. The van der Waals surface area contributed by atoms with Crippen molar-refractivity contribution in [2.45, 2.75) is 27.0 Å². The summed E-state index contributed by atoms with van der Waals surface area (Å²) in [5.41, 5.74) is 4.29. The van der Waals surface area contributed by atoms with Gasteiger partial charge in [-0.05, 0) is 61.4 Å². The predicted molar refractivity (Wildman–Crippen MR) is 131 cm³/mol. The number of nitrogens with one attached hydrogen (secondary N) is 1. The quantitative estimate of drug-likeness (QED) is 0.384. The molecule has 0 unspecified atom stereocenters. The Kier molecular flexibility index (Phi) is 7.31. The molecule has 0 amide bonds. The molecule has 0 saturated carbocycles. The van der Waals surface area contributed by atoms with Gasteiger partial charge in [-0.3, -0.25) is 0 Å². The fourth-order valence-electron chi connectivity index (χ4n) is 3.78. The summed E-state index contributed by atoms with van der Waals surface area (Å²) < 4.78 is 8.11. The lowest BCUT2D eigenvalue weighted by atomic mass is 10.2. The fourth-order valence-corrected chi connectivity index (χ4v) is 3.78. The van der Waals surface area contributed by atoms with Gasteiger partial charge in [-0.1, -0.05) is 42.5 Å². The second-order valence-corrected chi connectivity index (χ2v) is 7.86. The first-order valence-corrected chi connectivity index (χ1v) is 11.4. The number of ether oxygens (including phenoxy) is 1. The van der Waals surface area contributed by atoms with Crippen LogP contribution in [0.2, 0.25) is 0 Å². The number of rotatable bonds is 10. The SMILES string of the molecule is CC[NH+](CC)CCn1c(N=Cc2ccc(OCc3ccccc3)cc2)nc2ccccc21. The van der Waals surface area contributed by atoms with Crippen molar-refractivity contribution in [3.05, 3.63) is 90.0 Å². The van der Waals surface area contributed by atoms with Gasteiger partial charge in [0.05, 0.1) is 37.2 Å². The van der Waals surface area contributed by atoms with Crippen molar-refractivity contribution >= 4 is 23.2 Å². The third kappa shape index (κ3) is 5.42. The summed E-state index contributed by atoms with van der Waals surface area (Å²) >= 11 is 0. The van der Waals surface area contributed by atoms with Gasteiger partial charge in [-0.2, -0.15) is 0 Å². The summed E-state index contributed by atoms with van der Waals surface area (Å²) in [5.74, 6) is 1.60. The molecule has 1 aromatic heterocycles. The number of aliphatic imine (C=N–C) groups is 1. The minimum Gasteiger partial charge on any atom is -0.489 e. The van der Waals surface area contributed by atoms with Crippen LogP contribution in [0.5, 0.6) is 5.75 Å². The number of imidazole rings is 1. The van der Waals surface area contributed by atoms with Gasteiger partial charge >= 0.3 is 0 Å². The maximum Gasteiger partial charge on any atom is 0.230 e. The normalized spacial score (nSPS) is 11.6.